The predicted molar refractivity (Wildman–Crippen MR) is 60.9 cm³/mol. The maximum Gasteiger partial charge on any atom is 0.220 e. The molecule has 1 aliphatic carbocycles. The van der Waals surface area contributed by atoms with Crippen molar-refractivity contribution < 1.29 is 14.7 Å². The van der Waals surface area contributed by atoms with Crippen LogP contribution in [-0.2, 0) is 9.59 Å². The third-order valence-electron chi connectivity index (χ3n) is 3.11. The molecule has 0 saturated heterocycles. The van der Waals surface area contributed by atoms with Crippen LogP contribution in [0.15, 0.2) is 0 Å². The molecule has 0 heterocycles. The van der Waals surface area contributed by atoms with Crippen molar-refractivity contribution in [3.8, 4) is 0 Å². The summed E-state index contributed by atoms with van der Waals surface area (Å²) in [4.78, 5) is 22.0. The molecule has 16 heavy (non-hydrogen) atoms. The molecular weight excluding hydrogens is 206 g/mol. The molecule has 1 fully saturated rings. The topological polar surface area (TPSA) is 66.4 Å². The zero-order valence-corrected chi connectivity index (χ0v) is 9.87. The van der Waals surface area contributed by atoms with Crippen LogP contribution in [0.5, 0.6) is 0 Å². The van der Waals surface area contributed by atoms with Gasteiger partial charge in [-0.3, -0.25) is 4.79 Å². The Bertz CT molecular complexity index is 245. The van der Waals surface area contributed by atoms with Gasteiger partial charge in [0.1, 0.15) is 5.78 Å². The number of rotatable bonds is 5. The standard InChI is InChI=1S/C12H21NO3/c1-9(14)2-7-12(16)13-8-10-3-5-11(15)6-4-10/h10-11,15H,2-8H2,1H3,(H,13,16). The van der Waals surface area contributed by atoms with Gasteiger partial charge in [0.05, 0.1) is 6.10 Å². The van der Waals surface area contributed by atoms with E-state index in [2.05, 4.69) is 5.32 Å². The fourth-order valence-corrected chi connectivity index (χ4v) is 1.99. The molecule has 4 nitrogen and oxygen atoms in total. The monoisotopic (exact) mass is 227 g/mol. The van der Waals surface area contributed by atoms with E-state index in [0.717, 1.165) is 25.7 Å². The van der Waals surface area contributed by atoms with Crippen molar-refractivity contribution in [2.45, 2.75) is 51.6 Å². The number of aliphatic hydroxyl groups is 1. The van der Waals surface area contributed by atoms with Crippen molar-refractivity contribution in [1.29, 1.82) is 0 Å². The molecule has 0 spiro atoms. The Morgan fingerprint density at radius 3 is 2.38 bits per heavy atom. The highest BCUT2D eigenvalue weighted by Gasteiger charge is 2.19. The largest absolute Gasteiger partial charge is 0.393 e. The quantitative estimate of drug-likeness (QED) is 0.737. The molecule has 2 N–H and O–H groups in total. The molecule has 0 aromatic heterocycles. The van der Waals surface area contributed by atoms with Crippen molar-refractivity contribution in [3.63, 3.8) is 0 Å². The summed E-state index contributed by atoms with van der Waals surface area (Å²) in [7, 11) is 0. The minimum Gasteiger partial charge on any atom is -0.393 e. The first-order chi connectivity index (χ1) is 7.58. The molecule has 4 heteroatoms. The highest BCUT2D eigenvalue weighted by atomic mass is 16.3. The van der Waals surface area contributed by atoms with E-state index in [1.54, 1.807) is 0 Å². The summed E-state index contributed by atoms with van der Waals surface area (Å²) in [5.41, 5.74) is 0. The van der Waals surface area contributed by atoms with Crippen molar-refractivity contribution in [2.24, 2.45) is 5.92 Å². The van der Waals surface area contributed by atoms with Crippen molar-refractivity contribution in [1.82, 2.24) is 5.32 Å². The van der Waals surface area contributed by atoms with Gasteiger partial charge in [-0.05, 0) is 38.5 Å². The van der Waals surface area contributed by atoms with Crippen LogP contribution in [0.2, 0.25) is 0 Å². The first-order valence-electron chi connectivity index (χ1n) is 6.02. The molecule has 0 aliphatic heterocycles. The van der Waals surface area contributed by atoms with Crippen LogP contribution < -0.4 is 5.32 Å². The SMILES string of the molecule is CC(=O)CCC(=O)NCC1CCC(O)CC1. The van der Waals surface area contributed by atoms with Crippen LogP contribution in [0.3, 0.4) is 0 Å². The molecule has 92 valence electrons. The Hall–Kier alpha value is -0.900. The second-order valence-corrected chi connectivity index (χ2v) is 4.68. The summed E-state index contributed by atoms with van der Waals surface area (Å²) in [5.74, 6) is 0.502. The third-order valence-corrected chi connectivity index (χ3v) is 3.11. The van der Waals surface area contributed by atoms with Crippen LogP contribution in [0.4, 0.5) is 0 Å². The maximum atomic E-state index is 11.3. The normalized spacial score (nSPS) is 25.1. The summed E-state index contributed by atoms with van der Waals surface area (Å²) in [6, 6.07) is 0. The van der Waals surface area contributed by atoms with Crippen molar-refractivity contribution in [3.05, 3.63) is 0 Å². The minimum atomic E-state index is -0.148. The molecule has 0 aromatic carbocycles. The number of hydrogen-bond acceptors (Lipinski definition) is 3. The number of aliphatic hydroxyl groups excluding tert-OH is 1. The van der Waals surface area contributed by atoms with Gasteiger partial charge in [0.15, 0.2) is 0 Å². The molecule has 1 amide bonds. The second kappa shape index (κ2) is 6.63. The lowest BCUT2D eigenvalue weighted by Gasteiger charge is -2.25. The lowest BCUT2D eigenvalue weighted by atomic mass is 9.87. The Balaban J connectivity index is 2.09. The first-order valence-corrected chi connectivity index (χ1v) is 6.02. The smallest absolute Gasteiger partial charge is 0.220 e. The van der Waals surface area contributed by atoms with Crippen LogP contribution in [-0.4, -0.2) is 29.4 Å². The molecule has 0 aromatic rings. The summed E-state index contributed by atoms with van der Waals surface area (Å²) in [5, 5.41) is 12.2. The predicted octanol–water partition coefficient (Wildman–Crippen LogP) is 1.02. The minimum absolute atomic E-state index is 0.0404. The average Bonchev–Trinajstić information content (AvgIpc) is 2.25. The third kappa shape index (κ3) is 5.26. The zero-order valence-electron chi connectivity index (χ0n) is 9.87. The summed E-state index contributed by atoms with van der Waals surface area (Å²) < 4.78 is 0. The van der Waals surface area contributed by atoms with E-state index >= 15 is 0 Å². The number of Topliss-reactive ketones (excluding diaryl/α,β-unsaturated/α-hetero) is 1. The molecule has 0 radical (unpaired) electrons. The lowest BCUT2D eigenvalue weighted by molar-refractivity contribution is -0.124. The van der Waals surface area contributed by atoms with Gasteiger partial charge < -0.3 is 15.2 Å². The fourth-order valence-electron chi connectivity index (χ4n) is 1.99. The number of amides is 1. The lowest BCUT2D eigenvalue weighted by Crippen LogP contribution is -2.32. The Morgan fingerprint density at radius 2 is 1.81 bits per heavy atom. The van der Waals surface area contributed by atoms with Crippen LogP contribution in [0.1, 0.15) is 45.4 Å². The second-order valence-electron chi connectivity index (χ2n) is 4.68. The van der Waals surface area contributed by atoms with E-state index in [0.29, 0.717) is 25.3 Å². The number of carbonyl (C=O) groups is 2. The number of nitrogens with one attached hydrogen (secondary N) is 1. The van der Waals surface area contributed by atoms with E-state index < -0.39 is 0 Å². The van der Waals surface area contributed by atoms with Gasteiger partial charge in [-0.15, -0.1) is 0 Å². The maximum absolute atomic E-state index is 11.3. The first kappa shape index (κ1) is 13.2. The molecule has 1 rings (SSSR count). The van der Waals surface area contributed by atoms with E-state index in [1.165, 1.54) is 6.92 Å². The summed E-state index contributed by atoms with van der Waals surface area (Å²) in [6.45, 7) is 2.18. The number of carbonyl (C=O) groups excluding carboxylic acids is 2. The van der Waals surface area contributed by atoms with Crippen LogP contribution >= 0.6 is 0 Å². The molecule has 0 bridgehead atoms. The fraction of sp³-hybridized carbons (Fsp3) is 0.833. The van der Waals surface area contributed by atoms with E-state index in [1.807, 2.05) is 0 Å². The van der Waals surface area contributed by atoms with Crippen LogP contribution in [0, 0.1) is 5.92 Å². The van der Waals surface area contributed by atoms with E-state index in [4.69, 9.17) is 0 Å². The van der Waals surface area contributed by atoms with Gasteiger partial charge in [-0.1, -0.05) is 0 Å². The van der Waals surface area contributed by atoms with Gasteiger partial charge in [-0.2, -0.15) is 0 Å². The van der Waals surface area contributed by atoms with Crippen LogP contribution in [0.25, 0.3) is 0 Å². The van der Waals surface area contributed by atoms with E-state index in [-0.39, 0.29) is 17.8 Å². The highest BCUT2D eigenvalue weighted by molar-refractivity contribution is 5.83. The van der Waals surface area contributed by atoms with Gasteiger partial charge in [0.2, 0.25) is 5.91 Å². The zero-order chi connectivity index (χ0) is 12.0. The Labute approximate surface area is 96.4 Å². The molecule has 1 aliphatic rings. The number of ketones is 1. The number of hydrogen-bond donors (Lipinski definition) is 2. The Kier molecular flexibility index (Phi) is 5.46. The van der Waals surface area contributed by atoms with Crippen molar-refractivity contribution >= 4 is 11.7 Å². The van der Waals surface area contributed by atoms with E-state index in [9.17, 15) is 14.7 Å². The summed E-state index contributed by atoms with van der Waals surface area (Å²) in [6.07, 6.45) is 4.12. The molecule has 0 unspecified atom stereocenters. The molecule has 0 atom stereocenters. The Morgan fingerprint density at radius 1 is 1.19 bits per heavy atom. The van der Waals surface area contributed by atoms with Gasteiger partial charge in [0, 0.05) is 19.4 Å². The highest BCUT2D eigenvalue weighted by Crippen LogP contribution is 2.23. The van der Waals surface area contributed by atoms with Gasteiger partial charge >= 0.3 is 0 Å². The van der Waals surface area contributed by atoms with Gasteiger partial charge in [-0.25, -0.2) is 0 Å². The molecular formula is C12H21NO3. The van der Waals surface area contributed by atoms with Crippen molar-refractivity contribution in [2.75, 3.05) is 6.54 Å². The summed E-state index contributed by atoms with van der Waals surface area (Å²) >= 11 is 0. The van der Waals surface area contributed by atoms with Gasteiger partial charge in [0.25, 0.3) is 0 Å². The average molecular weight is 227 g/mol. The molecule has 1 saturated carbocycles.